The maximum absolute atomic E-state index is 6.06. The number of hydrogen-bond donors (Lipinski definition) is 1. The first-order chi connectivity index (χ1) is 10.1. The monoisotopic (exact) mass is 290 g/mol. The number of aryl methyl sites for hydroxylation is 1. The summed E-state index contributed by atoms with van der Waals surface area (Å²) in [6.07, 6.45) is 4.73. The second-order valence-electron chi connectivity index (χ2n) is 6.14. The zero-order valence-electron chi connectivity index (χ0n) is 13.8. The standard InChI is InChI=1S/C18H30N2O/c1-4-16(19)13-15-6-7-18(14(3)12-15)20-10-8-17(9-11-20)21-5-2/h6-7,12,16-17H,4-5,8-11,13,19H2,1-3H3. The fourth-order valence-corrected chi connectivity index (χ4v) is 3.15. The van der Waals surface area contributed by atoms with Crippen LogP contribution in [0.1, 0.15) is 44.2 Å². The van der Waals surface area contributed by atoms with Crippen molar-refractivity contribution in [2.24, 2.45) is 5.73 Å². The van der Waals surface area contributed by atoms with Gasteiger partial charge in [0.15, 0.2) is 0 Å². The first-order valence-electron chi connectivity index (χ1n) is 8.35. The Morgan fingerprint density at radius 3 is 2.57 bits per heavy atom. The summed E-state index contributed by atoms with van der Waals surface area (Å²) in [5, 5.41) is 0. The second-order valence-corrected chi connectivity index (χ2v) is 6.14. The van der Waals surface area contributed by atoms with Crippen LogP contribution in [-0.4, -0.2) is 31.8 Å². The average Bonchev–Trinajstić information content (AvgIpc) is 2.49. The summed E-state index contributed by atoms with van der Waals surface area (Å²) < 4.78 is 5.73. The minimum Gasteiger partial charge on any atom is -0.378 e. The van der Waals surface area contributed by atoms with Gasteiger partial charge in [0.25, 0.3) is 0 Å². The summed E-state index contributed by atoms with van der Waals surface area (Å²) in [6.45, 7) is 9.46. The van der Waals surface area contributed by atoms with E-state index >= 15 is 0 Å². The molecular weight excluding hydrogens is 260 g/mol. The van der Waals surface area contributed by atoms with Gasteiger partial charge in [0.2, 0.25) is 0 Å². The lowest BCUT2D eigenvalue weighted by Gasteiger charge is -2.34. The molecule has 1 aromatic rings. The average molecular weight is 290 g/mol. The predicted molar refractivity (Wildman–Crippen MR) is 90.0 cm³/mol. The summed E-state index contributed by atoms with van der Waals surface area (Å²) >= 11 is 0. The number of anilines is 1. The third-order valence-electron chi connectivity index (χ3n) is 4.47. The van der Waals surface area contributed by atoms with Crippen molar-refractivity contribution in [3.05, 3.63) is 29.3 Å². The van der Waals surface area contributed by atoms with Gasteiger partial charge in [-0.25, -0.2) is 0 Å². The molecule has 1 fully saturated rings. The molecule has 0 aliphatic carbocycles. The molecule has 0 bridgehead atoms. The van der Waals surface area contributed by atoms with Crippen LogP contribution in [0.25, 0.3) is 0 Å². The maximum Gasteiger partial charge on any atom is 0.0608 e. The largest absolute Gasteiger partial charge is 0.378 e. The Balaban J connectivity index is 1.98. The molecule has 0 amide bonds. The lowest BCUT2D eigenvalue weighted by atomic mass is 10.00. The van der Waals surface area contributed by atoms with Crippen molar-refractivity contribution in [2.75, 3.05) is 24.6 Å². The van der Waals surface area contributed by atoms with Gasteiger partial charge in [0.1, 0.15) is 0 Å². The molecule has 1 unspecified atom stereocenters. The molecule has 3 heteroatoms. The van der Waals surface area contributed by atoms with E-state index in [4.69, 9.17) is 10.5 Å². The van der Waals surface area contributed by atoms with Gasteiger partial charge in [-0.05, 0) is 56.7 Å². The van der Waals surface area contributed by atoms with E-state index in [1.807, 2.05) is 0 Å². The van der Waals surface area contributed by atoms with E-state index in [2.05, 4.69) is 43.9 Å². The predicted octanol–water partition coefficient (Wildman–Crippen LogP) is 3.28. The lowest BCUT2D eigenvalue weighted by Crippen LogP contribution is -2.37. The summed E-state index contributed by atoms with van der Waals surface area (Å²) in [5.74, 6) is 0. The summed E-state index contributed by atoms with van der Waals surface area (Å²) in [7, 11) is 0. The van der Waals surface area contributed by atoms with Crippen molar-refractivity contribution >= 4 is 5.69 Å². The zero-order chi connectivity index (χ0) is 15.2. The minimum absolute atomic E-state index is 0.275. The summed E-state index contributed by atoms with van der Waals surface area (Å²) in [6, 6.07) is 7.09. The van der Waals surface area contributed by atoms with Crippen molar-refractivity contribution in [2.45, 2.75) is 58.6 Å². The molecule has 1 aliphatic heterocycles. The molecule has 3 nitrogen and oxygen atoms in total. The number of benzene rings is 1. The molecule has 2 rings (SSSR count). The Bertz CT molecular complexity index is 439. The molecule has 1 saturated heterocycles. The Labute approximate surface area is 129 Å². The highest BCUT2D eigenvalue weighted by atomic mass is 16.5. The molecular formula is C18H30N2O. The van der Waals surface area contributed by atoms with Crippen LogP contribution in [0.5, 0.6) is 0 Å². The highest BCUT2D eigenvalue weighted by Gasteiger charge is 2.20. The SMILES string of the molecule is CCOC1CCN(c2ccc(CC(N)CC)cc2C)CC1. The minimum atomic E-state index is 0.275. The van der Waals surface area contributed by atoms with Crippen LogP contribution in [0.2, 0.25) is 0 Å². The second kappa shape index (κ2) is 7.81. The number of nitrogens with zero attached hydrogens (tertiary/aromatic N) is 1. The van der Waals surface area contributed by atoms with Crippen LogP contribution in [0.3, 0.4) is 0 Å². The molecule has 118 valence electrons. The highest BCUT2D eigenvalue weighted by Crippen LogP contribution is 2.26. The normalized spacial score (nSPS) is 18.0. The Morgan fingerprint density at radius 2 is 2.00 bits per heavy atom. The molecule has 1 atom stereocenters. The summed E-state index contributed by atoms with van der Waals surface area (Å²) in [4.78, 5) is 2.49. The van der Waals surface area contributed by atoms with E-state index in [0.29, 0.717) is 6.10 Å². The van der Waals surface area contributed by atoms with E-state index in [0.717, 1.165) is 45.4 Å². The van der Waals surface area contributed by atoms with Gasteiger partial charge >= 0.3 is 0 Å². The zero-order valence-corrected chi connectivity index (χ0v) is 13.8. The Morgan fingerprint density at radius 1 is 1.29 bits per heavy atom. The van der Waals surface area contributed by atoms with Crippen molar-refractivity contribution in [3.63, 3.8) is 0 Å². The number of rotatable bonds is 6. The summed E-state index contributed by atoms with van der Waals surface area (Å²) in [5.41, 5.74) is 10.2. The smallest absolute Gasteiger partial charge is 0.0608 e. The van der Waals surface area contributed by atoms with E-state index in [1.54, 1.807) is 0 Å². The quantitative estimate of drug-likeness (QED) is 0.874. The molecule has 0 radical (unpaired) electrons. The van der Waals surface area contributed by atoms with Gasteiger partial charge in [0.05, 0.1) is 6.10 Å². The number of hydrogen-bond acceptors (Lipinski definition) is 3. The first-order valence-corrected chi connectivity index (χ1v) is 8.35. The molecule has 0 aromatic heterocycles. The van der Waals surface area contributed by atoms with Crippen LogP contribution in [0.15, 0.2) is 18.2 Å². The van der Waals surface area contributed by atoms with Crippen molar-refractivity contribution in [3.8, 4) is 0 Å². The van der Waals surface area contributed by atoms with Gasteiger partial charge in [-0.2, -0.15) is 0 Å². The van der Waals surface area contributed by atoms with Gasteiger partial charge < -0.3 is 15.4 Å². The molecule has 1 aliphatic rings. The van der Waals surface area contributed by atoms with E-state index in [-0.39, 0.29) is 6.04 Å². The van der Waals surface area contributed by atoms with Crippen molar-refractivity contribution in [1.29, 1.82) is 0 Å². The Hall–Kier alpha value is -1.06. The van der Waals surface area contributed by atoms with Crippen molar-refractivity contribution < 1.29 is 4.74 Å². The molecule has 1 heterocycles. The van der Waals surface area contributed by atoms with E-state index in [1.165, 1.54) is 16.8 Å². The molecule has 1 aromatic carbocycles. The van der Waals surface area contributed by atoms with Crippen LogP contribution >= 0.6 is 0 Å². The molecule has 21 heavy (non-hydrogen) atoms. The fraction of sp³-hybridized carbons (Fsp3) is 0.667. The number of piperidine rings is 1. The van der Waals surface area contributed by atoms with Gasteiger partial charge in [-0.1, -0.05) is 19.1 Å². The number of nitrogens with two attached hydrogens (primary N) is 1. The lowest BCUT2D eigenvalue weighted by molar-refractivity contribution is 0.0459. The topological polar surface area (TPSA) is 38.5 Å². The highest BCUT2D eigenvalue weighted by molar-refractivity contribution is 5.54. The Kier molecular flexibility index (Phi) is 6.07. The van der Waals surface area contributed by atoms with Crippen LogP contribution in [0, 0.1) is 6.92 Å². The van der Waals surface area contributed by atoms with Crippen molar-refractivity contribution in [1.82, 2.24) is 0 Å². The third kappa shape index (κ3) is 4.45. The number of ether oxygens (including phenoxy) is 1. The van der Waals surface area contributed by atoms with Gasteiger partial charge in [0, 0.05) is 31.4 Å². The third-order valence-corrected chi connectivity index (χ3v) is 4.47. The van der Waals surface area contributed by atoms with Crippen LogP contribution in [-0.2, 0) is 11.2 Å². The maximum atomic E-state index is 6.06. The molecule has 0 spiro atoms. The fourth-order valence-electron chi connectivity index (χ4n) is 3.15. The first kappa shape index (κ1) is 16.3. The van der Waals surface area contributed by atoms with Crippen LogP contribution in [0.4, 0.5) is 5.69 Å². The van der Waals surface area contributed by atoms with Crippen LogP contribution < -0.4 is 10.6 Å². The van der Waals surface area contributed by atoms with E-state index < -0.39 is 0 Å². The molecule has 2 N–H and O–H groups in total. The molecule has 0 saturated carbocycles. The van der Waals surface area contributed by atoms with E-state index in [9.17, 15) is 0 Å². The van der Waals surface area contributed by atoms with Gasteiger partial charge in [-0.3, -0.25) is 0 Å². The van der Waals surface area contributed by atoms with Gasteiger partial charge in [-0.15, -0.1) is 0 Å².